The Hall–Kier alpha value is -2.04. The highest BCUT2D eigenvalue weighted by Crippen LogP contribution is 2.19. The number of nitrogens with one attached hydrogen (secondary N) is 1. The van der Waals surface area contributed by atoms with E-state index in [-0.39, 0.29) is 11.9 Å². The highest BCUT2D eigenvalue weighted by molar-refractivity contribution is 6.31. The zero-order valence-electron chi connectivity index (χ0n) is 14.1. The Bertz CT molecular complexity index is 676. The molecule has 0 bridgehead atoms. The molecule has 2 aromatic rings. The van der Waals surface area contributed by atoms with E-state index in [0.29, 0.717) is 13.1 Å². The quantitative estimate of drug-likeness (QED) is 0.770. The maximum absolute atomic E-state index is 12.0. The van der Waals surface area contributed by atoms with Crippen LogP contribution in [0.4, 0.5) is 0 Å². The van der Waals surface area contributed by atoms with Gasteiger partial charge in [0.2, 0.25) is 0 Å². The van der Waals surface area contributed by atoms with Crippen LogP contribution in [-0.4, -0.2) is 26.1 Å². The van der Waals surface area contributed by atoms with E-state index in [1.165, 1.54) is 0 Å². The number of ether oxygens (including phenoxy) is 1. The molecule has 2 aromatic carbocycles. The van der Waals surface area contributed by atoms with Gasteiger partial charge in [-0.3, -0.25) is 4.79 Å². The molecular weight excluding hydrogens is 324 g/mol. The molecule has 128 valence electrons. The summed E-state index contributed by atoms with van der Waals surface area (Å²) in [5.74, 6) is 0.870. The van der Waals surface area contributed by atoms with Crippen molar-refractivity contribution in [2.75, 3.05) is 20.2 Å². The Labute approximate surface area is 148 Å². The minimum absolute atomic E-state index is 0.0174. The largest absolute Gasteiger partial charge is 0.496 e. The fraction of sp³-hybridized carbons (Fsp3) is 0.316. The van der Waals surface area contributed by atoms with Gasteiger partial charge in [0.05, 0.1) is 7.11 Å². The molecule has 4 nitrogen and oxygen atoms in total. The molecule has 0 aliphatic rings. The maximum atomic E-state index is 12.0. The lowest BCUT2D eigenvalue weighted by molar-refractivity contribution is -0.682. The van der Waals surface area contributed by atoms with Crippen LogP contribution in [0.15, 0.2) is 48.5 Å². The van der Waals surface area contributed by atoms with Crippen molar-refractivity contribution in [1.29, 1.82) is 0 Å². The predicted octanol–water partition coefficient (Wildman–Crippen LogP) is 2.33. The monoisotopic (exact) mass is 347 g/mol. The summed E-state index contributed by atoms with van der Waals surface area (Å²) < 4.78 is 5.31. The van der Waals surface area contributed by atoms with Crippen LogP contribution in [0.1, 0.15) is 24.1 Å². The van der Waals surface area contributed by atoms with Gasteiger partial charge in [-0.1, -0.05) is 48.0 Å². The van der Waals surface area contributed by atoms with Crippen molar-refractivity contribution in [3.05, 3.63) is 64.7 Å². The lowest BCUT2D eigenvalue weighted by Gasteiger charge is -2.13. The van der Waals surface area contributed by atoms with E-state index in [2.05, 4.69) is 5.32 Å². The molecule has 0 saturated carbocycles. The first-order valence-electron chi connectivity index (χ1n) is 8.08. The average molecular weight is 348 g/mol. The van der Waals surface area contributed by atoms with Crippen molar-refractivity contribution in [2.45, 2.75) is 19.4 Å². The topological polar surface area (TPSA) is 54.9 Å². The third kappa shape index (κ3) is 5.25. The molecule has 24 heavy (non-hydrogen) atoms. The molecule has 3 N–H and O–H groups in total. The molecular formula is C19H24ClN2O2+. The van der Waals surface area contributed by atoms with Gasteiger partial charge in [0.15, 0.2) is 6.54 Å². The van der Waals surface area contributed by atoms with Gasteiger partial charge in [-0.05, 0) is 31.0 Å². The van der Waals surface area contributed by atoms with Crippen LogP contribution in [0.2, 0.25) is 5.02 Å². The number of halogens is 1. The number of para-hydroxylation sites is 1. The first-order chi connectivity index (χ1) is 11.6. The van der Waals surface area contributed by atoms with E-state index in [0.717, 1.165) is 28.3 Å². The van der Waals surface area contributed by atoms with Gasteiger partial charge >= 0.3 is 0 Å². The number of carbonyl (C=O) groups excluding carboxylic acids is 1. The Morgan fingerprint density at radius 1 is 1.21 bits per heavy atom. The van der Waals surface area contributed by atoms with Gasteiger partial charge in [-0.2, -0.15) is 0 Å². The van der Waals surface area contributed by atoms with Crippen molar-refractivity contribution >= 4 is 17.5 Å². The fourth-order valence-electron chi connectivity index (χ4n) is 2.57. The second kappa shape index (κ2) is 9.30. The van der Waals surface area contributed by atoms with Crippen molar-refractivity contribution in [2.24, 2.45) is 0 Å². The lowest BCUT2D eigenvalue weighted by Crippen LogP contribution is -2.87. The number of nitrogens with two attached hydrogens (primary N) is 1. The summed E-state index contributed by atoms with van der Waals surface area (Å²) in [6.45, 7) is 3.01. The van der Waals surface area contributed by atoms with Crippen LogP contribution in [0.3, 0.4) is 0 Å². The predicted molar refractivity (Wildman–Crippen MR) is 96.4 cm³/mol. The SMILES string of the molecule is COc1ccccc1CCNC(=O)C[NH2+][C@H](C)c1ccccc1Cl. The minimum Gasteiger partial charge on any atom is -0.496 e. The molecule has 0 fully saturated rings. The second-order valence-corrected chi connectivity index (χ2v) is 6.07. The zero-order chi connectivity index (χ0) is 17.4. The second-order valence-electron chi connectivity index (χ2n) is 5.66. The molecule has 0 aromatic heterocycles. The summed E-state index contributed by atoms with van der Waals surface area (Å²) in [6, 6.07) is 15.7. The van der Waals surface area contributed by atoms with Crippen LogP contribution in [-0.2, 0) is 11.2 Å². The number of hydrogen-bond acceptors (Lipinski definition) is 2. The van der Waals surface area contributed by atoms with Crippen molar-refractivity contribution in [3.63, 3.8) is 0 Å². The molecule has 0 radical (unpaired) electrons. The smallest absolute Gasteiger partial charge is 0.275 e. The Balaban J connectivity index is 1.75. The third-order valence-electron chi connectivity index (χ3n) is 3.96. The van der Waals surface area contributed by atoms with Gasteiger partial charge in [-0.25, -0.2) is 0 Å². The number of quaternary nitrogens is 1. The summed E-state index contributed by atoms with van der Waals surface area (Å²) in [4.78, 5) is 12.0. The molecule has 0 aliphatic carbocycles. The molecule has 0 spiro atoms. The van der Waals surface area contributed by atoms with Gasteiger partial charge in [0, 0.05) is 17.1 Å². The lowest BCUT2D eigenvalue weighted by atomic mass is 10.1. The molecule has 2 rings (SSSR count). The van der Waals surface area contributed by atoms with Crippen LogP contribution in [0.5, 0.6) is 5.75 Å². The molecule has 1 amide bonds. The molecule has 0 aliphatic heterocycles. The van der Waals surface area contributed by atoms with E-state index >= 15 is 0 Å². The molecule has 0 saturated heterocycles. The highest BCUT2D eigenvalue weighted by atomic mass is 35.5. The van der Waals surface area contributed by atoms with Gasteiger partial charge in [-0.15, -0.1) is 0 Å². The van der Waals surface area contributed by atoms with E-state index in [1.807, 2.05) is 60.8 Å². The average Bonchev–Trinajstić information content (AvgIpc) is 2.60. The molecule has 1 atom stereocenters. The van der Waals surface area contributed by atoms with Crippen molar-refractivity contribution in [1.82, 2.24) is 5.32 Å². The Kier molecular flexibility index (Phi) is 7.09. The number of benzene rings is 2. The Morgan fingerprint density at radius 2 is 1.92 bits per heavy atom. The summed E-state index contributed by atoms with van der Waals surface area (Å²) in [6.07, 6.45) is 0.746. The van der Waals surface area contributed by atoms with Gasteiger partial charge < -0.3 is 15.4 Å². The zero-order valence-corrected chi connectivity index (χ0v) is 14.8. The fourth-order valence-corrected chi connectivity index (χ4v) is 2.88. The molecule has 0 heterocycles. The Morgan fingerprint density at radius 3 is 2.67 bits per heavy atom. The van der Waals surface area contributed by atoms with Crippen LogP contribution in [0.25, 0.3) is 0 Å². The summed E-state index contributed by atoms with van der Waals surface area (Å²) in [7, 11) is 1.66. The normalized spacial score (nSPS) is 11.8. The minimum atomic E-state index is 0.0174. The number of rotatable bonds is 8. The van der Waals surface area contributed by atoms with Gasteiger partial charge in [0.25, 0.3) is 5.91 Å². The highest BCUT2D eigenvalue weighted by Gasteiger charge is 2.13. The third-order valence-corrected chi connectivity index (χ3v) is 4.31. The van der Waals surface area contributed by atoms with Gasteiger partial charge in [0.1, 0.15) is 11.8 Å². The van der Waals surface area contributed by atoms with Crippen molar-refractivity contribution in [3.8, 4) is 5.75 Å². The maximum Gasteiger partial charge on any atom is 0.275 e. The summed E-state index contributed by atoms with van der Waals surface area (Å²) in [5.41, 5.74) is 2.13. The van der Waals surface area contributed by atoms with Crippen LogP contribution in [0, 0.1) is 0 Å². The number of carbonyl (C=O) groups is 1. The summed E-state index contributed by atoms with van der Waals surface area (Å²) >= 11 is 6.18. The standard InChI is InChI=1S/C19H23ClN2O2/c1-14(16-8-4-5-9-17(16)20)22-13-19(23)21-12-11-15-7-3-6-10-18(15)24-2/h3-10,14,22H,11-13H2,1-2H3,(H,21,23)/p+1/t14-/m1/s1. The first-order valence-corrected chi connectivity index (χ1v) is 8.46. The molecule has 0 unspecified atom stereocenters. The van der Waals surface area contributed by atoms with E-state index in [1.54, 1.807) is 7.11 Å². The van der Waals surface area contributed by atoms with E-state index in [4.69, 9.17) is 16.3 Å². The molecule has 5 heteroatoms. The van der Waals surface area contributed by atoms with Crippen molar-refractivity contribution < 1.29 is 14.8 Å². The number of amides is 1. The summed E-state index contributed by atoms with van der Waals surface area (Å²) in [5, 5.41) is 5.67. The number of methoxy groups -OCH3 is 1. The van der Waals surface area contributed by atoms with E-state index in [9.17, 15) is 4.79 Å². The van der Waals surface area contributed by atoms with Crippen LogP contribution >= 0.6 is 11.6 Å². The number of hydrogen-bond donors (Lipinski definition) is 2. The first kappa shape index (κ1) is 18.3. The van der Waals surface area contributed by atoms with E-state index < -0.39 is 0 Å². The van der Waals surface area contributed by atoms with Crippen LogP contribution < -0.4 is 15.4 Å².